The summed E-state index contributed by atoms with van der Waals surface area (Å²) >= 11 is 7.20. The summed E-state index contributed by atoms with van der Waals surface area (Å²) in [5.74, 6) is 1.09. The fraction of sp³-hybridized carbons (Fsp3) is 0.500. The molecule has 4 rings (SSSR count). The zero-order chi connectivity index (χ0) is 18.8. The molecule has 0 atom stereocenters. The Balaban J connectivity index is 1.24. The van der Waals surface area contributed by atoms with Gasteiger partial charge in [0.15, 0.2) is 11.4 Å². The monoisotopic (exact) mass is 408 g/mol. The molecule has 0 saturated carbocycles. The predicted octanol–water partition coefficient (Wildman–Crippen LogP) is 3.08. The molecule has 144 valence electrons. The van der Waals surface area contributed by atoms with E-state index in [-0.39, 0.29) is 11.1 Å². The number of amides is 2. The van der Waals surface area contributed by atoms with Gasteiger partial charge >= 0.3 is 0 Å². The molecule has 7 nitrogen and oxygen atoms in total. The average molecular weight is 409 g/mol. The van der Waals surface area contributed by atoms with Gasteiger partial charge in [0, 0.05) is 37.7 Å². The van der Waals surface area contributed by atoms with Crippen molar-refractivity contribution in [2.45, 2.75) is 12.8 Å². The maximum absolute atomic E-state index is 11.6. The van der Waals surface area contributed by atoms with E-state index in [4.69, 9.17) is 16.1 Å². The number of carbonyl (C=O) groups excluding carboxylic acids is 2. The molecule has 2 saturated heterocycles. The summed E-state index contributed by atoms with van der Waals surface area (Å²) < 4.78 is 5.40. The lowest BCUT2D eigenvalue weighted by Gasteiger charge is -2.34. The van der Waals surface area contributed by atoms with Gasteiger partial charge in [0.25, 0.3) is 5.24 Å². The summed E-state index contributed by atoms with van der Waals surface area (Å²) in [7, 11) is 0. The fourth-order valence-corrected chi connectivity index (χ4v) is 4.44. The molecule has 2 aliphatic rings. The van der Waals surface area contributed by atoms with Gasteiger partial charge in [0.05, 0.1) is 11.1 Å². The van der Waals surface area contributed by atoms with Crippen molar-refractivity contribution in [3.05, 3.63) is 23.2 Å². The summed E-state index contributed by atoms with van der Waals surface area (Å²) in [6, 6.07) is 5.55. The Hall–Kier alpha value is -1.77. The van der Waals surface area contributed by atoms with Crippen molar-refractivity contribution in [3.8, 4) is 0 Å². The SMILES string of the molecule is O=C1CSC(=O)N1CCCCN1CCN(c2noc3ccc(Cl)cc23)CC1. The fourth-order valence-electron chi connectivity index (χ4n) is 3.51. The van der Waals surface area contributed by atoms with E-state index in [0.29, 0.717) is 17.3 Å². The Morgan fingerprint density at radius 3 is 2.63 bits per heavy atom. The first-order valence-corrected chi connectivity index (χ1v) is 10.5. The summed E-state index contributed by atoms with van der Waals surface area (Å²) in [4.78, 5) is 29.2. The number of imide groups is 1. The standard InChI is InChI=1S/C18H21ClN4O3S/c19-13-3-4-15-14(11-13)17(20-26-15)22-9-7-21(8-10-22)5-1-2-6-23-16(24)12-27-18(23)25/h3-4,11H,1-2,5-10,12H2. The Morgan fingerprint density at radius 2 is 1.89 bits per heavy atom. The number of thioether (sulfide) groups is 1. The minimum absolute atomic E-state index is 0.0569. The lowest BCUT2D eigenvalue weighted by atomic mass is 10.2. The summed E-state index contributed by atoms with van der Waals surface area (Å²) in [6.07, 6.45) is 1.83. The van der Waals surface area contributed by atoms with Gasteiger partial charge in [0.2, 0.25) is 5.91 Å². The van der Waals surface area contributed by atoms with Crippen LogP contribution in [0.1, 0.15) is 12.8 Å². The third-order valence-electron chi connectivity index (χ3n) is 5.03. The van der Waals surface area contributed by atoms with Gasteiger partial charge in [-0.3, -0.25) is 19.4 Å². The van der Waals surface area contributed by atoms with Crippen LogP contribution in [0.5, 0.6) is 0 Å². The highest BCUT2D eigenvalue weighted by Crippen LogP contribution is 2.29. The maximum Gasteiger partial charge on any atom is 0.288 e. The van der Waals surface area contributed by atoms with Crippen LogP contribution in [0.15, 0.2) is 22.7 Å². The molecule has 0 N–H and O–H groups in total. The molecule has 3 heterocycles. The molecule has 1 aromatic carbocycles. The van der Waals surface area contributed by atoms with E-state index in [0.717, 1.165) is 74.1 Å². The van der Waals surface area contributed by atoms with Gasteiger partial charge in [-0.2, -0.15) is 0 Å². The molecule has 1 aromatic heterocycles. The van der Waals surface area contributed by atoms with Crippen LogP contribution in [0.25, 0.3) is 11.0 Å². The van der Waals surface area contributed by atoms with E-state index >= 15 is 0 Å². The van der Waals surface area contributed by atoms with Crippen LogP contribution in [-0.4, -0.2) is 71.1 Å². The molecular weight excluding hydrogens is 388 g/mol. The van der Waals surface area contributed by atoms with E-state index in [9.17, 15) is 9.59 Å². The molecule has 0 radical (unpaired) electrons. The second-order valence-electron chi connectivity index (χ2n) is 6.78. The highest BCUT2D eigenvalue weighted by Gasteiger charge is 2.29. The number of nitrogens with zero attached hydrogens (tertiary/aromatic N) is 4. The second-order valence-corrected chi connectivity index (χ2v) is 8.15. The van der Waals surface area contributed by atoms with Crippen molar-refractivity contribution in [2.75, 3.05) is 49.9 Å². The molecule has 2 aromatic rings. The van der Waals surface area contributed by atoms with Gasteiger partial charge in [0.1, 0.15) is 0 Å². The van der Waals surface area contributed by atoms with Crippen LogP contribution in [0.3, 0.4) is 0 Å². The van der Waals surface area contributed by atoms with Crippen molar-refractivity contribution in [1.29, 1.82) is 0 Å². The molecule has 2 fully saturated rings. The number of aromatic nitrogens is 1. The summed E-state index contributed by atoms with van der Waals surface area (Å²) in [6.45, 7) is 5.18. The molecule has 9 heteroatoms. The molecular formula is C18H21ClN4O3S. The van der Waals surface area contributed by atoms with Gasteiger partial charge in [-0.15, -0.1) is 0 Å². The summed E-state index contributed by atoms with van der Waals surface area (Å²) in [5, 5.41) is 5.75. The second kappa shape index (κ2) is 8.08. The van der Waals surface area contributed by atoms with Crippen molar-refractivity contribution in [1.82, 2.24) is 15.0 Å². The lowest BCUT2D eigenvalue weighted by molar-refractivity contribution is -0.124. The van der Waals surface area contributed by atoms with Crippen LogP contribution >= 0.6 is 23.4 Å². The van der Waals surface area contributed by atoms with Gasteiger partial charge < -0.3 is 9.42 Å². The number of fused-ring (bicyclic) bond motifs is 1. The molecule has 2 amide bonds. The number of unbranched alkanes of at least 4 members (excludes halogenated alkanes) is 1. The largest absolute Gasteiger partial charge is 0.354 e. The van der Waals surface area contributed by atoms with E-state index < -0.39 is 0 Å². The topological polar surface area (TPSA) is 69.9 Å². The first kappa shape index (κ1) is 18.6. The van der Waals surface area contributed by atoms with Crippen molar-refractivity contribution in [2.24, 2.45) is 0 Å². The van der Waals surface area contributed by atoms with Crippen molar-refractivity contribution < 1.29 is 14.1 Å². The first-order valence-electron chi connectivity index (χ1n) is 9.11. The Kier molecular flexibility index (Phi) is 5.56. The highest BCUT2D eigenvalue weighted by atomic mass is 35.5. The van der Waals surface area contributed by atoms with Gasteiger partial charge in [-0.05, 0) is 37.6 Å². The predicted molar refractivity (Wildman–Crippen MR) is 106 cm³/mol. The van der Waals surface area contributed by atoms with E-state index in [1.807, 2.05) is 12.1 Å². The average Bonchev–Trinajstić information content (AvgIpc) is 3.23. The minimum Gasteiger partial charge on any atom is -0.354 e. The van der Waals surface area contributed by atoms with Crippen LogP contribution in [0, 0.1) is 0 Å². The van der Waals surface area contributed by atoms with Crippen LogP contribution in [0.4, 0.5) is 10.6 Å². The van der Waals surface area contributed by atoms with E-state index in [1.54, 1.807) is 6.07 Å². The normalized spacial score (nSPS) is 18.9. The smallest absolute Gasteiger partial charge is 0.288 e. The van der Waals surface area contributed by atoms with E-state index in [1.165, 1.54) is 4.90 Å². The summed E-state index contributed by atoms with van der Waals surface area (Å²) in [5.41, 5.74) is 0.751. The van der Waals surface area contributed by atoms with Crippen molar-refractivity contribution in [3.63, 3.8) is 0 Å². The minimum atomic E-state index is -0.103. The third kappa shape index (κ3) is 4.07. The number of anilines is 1. The van der Waals surface area contributed by atoms with Crippen LogP contribution < -0.4 is 4.90 Å². The zero-order valence-electron chi connectivity index (χ0n) is 14.9. The zero-order valence-corrected chi connectivity index (χ0v) is 16.5. The molecule has 0 spiro atoms. The lowest BCUT2D eigenvalue weighted by Crippen LogP contribution is -2.46. The maximum atomic E-state index is 11.6. The highest BCUT2D eigenvalue weighted by molar-refractivity contribution is 8.14. The Bertz CT molecular complexity index is 834. The van der Waals surface area contributed by atoms with Crippen molar-refractivity contribution >= 4 is 51.3 Å². The third-order valence-corrected chi connectivity index (χ3v) is 6.13. The van der Waals surface area contributed by atoms with Gasteiger partial charge in [-0.25, -0.2) is 0 Å². The number of piperazine rings is 1. The Morgan fingerprint density at radius 1 is 1.11 bits per heavy atom. The molecule has 0 unspecified atom stereocenters. The van der Waals surface area contributed by atoms with Crippen LogP contribution in [-0.2, 0) is 4.79 Å². The van der Waals surface area contributed by atoms with Gasteiger partial charge in [-0.1, -0.05) is 28.5 Å². The first-order chi connectivity index (χ1) is 13.1. The number of halogens is 1. The number of hydrogen-bond acceptors (Lipinski definition) is 7. The molecule has 27 heavy (non-hydrogen) atoms. The van der Waals surface area contributed by atoms with Crippen LogP contribution in [0.2, 0.25) is 5.02 Å². The van der Waals surface area contributed by atoms with E-state index in [2.05, 4.69) is 15.0 Å². The molecule has 0 bridgehead atoms. The number of benzene rings is 1. The Labute approximate surface area is 166 Å². The number of hydrogen-bond donors (Lipinski definition) is 0. The molecule has 0 aliphatic carbocycles. The molecule has 2 aliphatic heterocycles. The number of rotatable bonds is 6. The number of carbonyl (C=O) groups is 2. The quantitative estimate of drug-likeness (QED) is 0.680.